The molecular formula is C12H16N4OS. The molecule has 4 N–H and O–H groups in total. The molecule has 1 aliphatic rings. The molecule has 0 bridgehead atoms. The summed E-state index contributed by atoms with van der Waals surface area (Å²) in [4.78, 5) is 15.9. The van der Waals surface area contributed by atoms with Gasteiger partial charge in [-0.15, -0.1) is 0 Å². The third-order valence-electron chi connectivity index (χ3n) is 2.66. The summed E-state index contributed by atoms with van der Waals surface area (Å²) >= 11 is 4.94. The maximum Gasteiger partial charge on any atom is 0.221 e. The summed E-state index contributed by atoms with van der Waals surface area (Å²) in [5.41, 5.74) is 6.30. The van der Waals surface area contributed by atoms with Gasteiger partial charge in [0.1, 0.15) is 10.8 Å². The third-order valence-corrected chi connectivity index (χ3v) is 2.88. The first-order chi connectivity index (χ1) is 8.66. The van der Waals surface area contributed by atoms with E-state index in [2.05, 4.69) is 15.6 Å². The van der Waals surface area contributed by atoms with Gasteiger partial charge in [-0.05, 0) is 25.0 Å². The first-order valence-electron chi connectivity index (χ1n) is 5.95. The Labute approximate surface area is 111 Å². The van der Waals surface area contributed by atoms with Gasteiger partial charge in [0.25, 0.3) is 0 Å². The molecule has 6 heteroatoms. The molecule has 2 rings (SSSR count). The molecule has 1 saturated carbocycles. The number of rotatable bonds is 6. The minimum atomic E-state index is 0.0674. The molecule has 1 amide bonds. The third kappa shape index (κ3) is 3.66. The molecule has 96 valence electrons. The van der Waals surface area contributed by atoms with Crippen molar-refractivity contribution in [2.24, 2.45) is 5.73 Å². The molecule has 1 aliphatic carbocycles. The maximum atomic E-state index is 11.5. The zero-order valence-corrected chi connectivity index (χ0v) is 10.8. The number of hydrogen-bond donors (Lipinski definition) is 3. The molecule has 1 aromatic heterocycles. The molecule has 0 saturated heterocycles. The van der Waals surface area contributed by atoms with Crippen LogP contribution in [-0.2, 0) is 4.79 Å². The summed E-state index contributed by atoms with van der Waals surface area (Å²) in [5, 5.41) is 6.01. The number of thiocarbonyl (C=S) groups is 1. The van der Waals surface area contributed by atoms with E-state index >= 15 is 0 Å². The van der Waals surface area contributed by atoms with Crippen LogP contribution in [0.4, 0.5) is 5.82 Å². The van der Waals surface area contributed by atoms with Crippen LogP contribution in [0, 0.1) is 0 Å². The van der Waals surface area contributed by atoms with Gasteiger partial charge in [-0.25, -0.2) is 4.98 Å². The minimum absolute atomic E-state index is 0.0674. The fourth-order valence-corrected chi connectivity index (χ4v) is 1.73. The molecule has 5 nitrogen and oxygen atoms in total. The van der Waals surface area contributed by atoms with Gasteiger partial charge in [-0.1, -0.05) is 12.2 Å². The molecule has 0 aromatic carbocycles. The van der Waals surface area contributed by atoms with Gasteiger partial charge < -0.3 is 16.4 Å². The van der Waals surface area contributed by atoms with Crippen molar-refractivity contribution in [3.8, 4) is 0 Å². The molecule has 0 atom stereocenters. The largest absolute Gasteiger partial charge is 0.389 e. The van der Waals surface area contributed by atoms with E-state index < -0.39 is 0 Å². The summed E-state index contributed by atoms with van der Waals surface area (Å²) < 4.78 is 0. The van der Waals surface area contributed by atoms with Gasteiger partial charge in [0.05, 0.1) is 5.56 Å². The van der Waals surface area contributed by atoms with Crippen LogP contribution in [0.2, 0.25) is 0 Å². The zero-order chi connectivity index (χ0) is 13.0. The topological polar surface area (TPSA) is 80.0 Å². The van der Waals surface area contributed by atoms with E-state index in [0.29, 0.717) is 35.4 Å². The van der Waals surface area contributed by atoms with Gasteiger partial charge in [0, 0.05) is 25.2 Å². The summed E-state index contributed by atoms with van der Waals surface area (Å²) in [6, 6.07) is 3.99. The lowest BCUT2D eigenvalue weighted by Crippen LogP contribution is -2.27. The van der Waals surface area contributed by atoms with Crippen LogP contribution in [0.25, 0.3) is 0 Å². The molecule has 1 fully saturated rings. The molecule has 0 unspecified atom stereocenters. The van der Waals surface area contributed by atoms with Gasteiger partial charge in [-0.2, -0.15) is 0 Å². The SMILES string of the molecule is NC(=S)c1cccnc1NCCC(=O)NC1CC1. The standard InChI is InChI=1S/C12H16N4OS/c13-11(18)9-2-1-6-14-12(9)15-7-5-10(17)16-8-3-4-8/h1-2,6,8H,3-5,7H2,(H2,13,18)(H,14,15)(H,16,17). The minimum Gasteiger partial charge on any atom is -0.389 e. The Morgan fingerprint density at radius 2 is 2.33 bits per heavy atom. The number of nitrogens with one attached hydrogen (secondary N) is 2. The number of amides is 1. The fourth-order valence-electron chi connectivity index (χ4n) is 1.57. The first-order valence-corrected chi connectivity index (χ1v) is 6.35. The van der Waals surface area contributed by atoms with E-state index in [-0.39, 0.29) is 5.91 Å². The highest BCUT2D eigenvalue weighted by molar-refractivity contribution is 7.80. The average Bonchev–Trinajstić information content (AvgIpc) is 3.13. The molecule has 1 heterocycles. The molecule has 1 aromatic rings. The van der Waals surface area contributed by atoms with Crippen molar-refractivity contribution >= 4 is 28.9 Å². The molecular weight excluding hydrogens is 248 g/mol. The van der Waals surface area contributed by atoms with E-state index in [0.717, 1.165) is 12.8 Å². The van der Waals surface area contributed by atoms with Crippen molar-refractivity contribution < 1.29 is 4.79 Å². The predicted octanol–water partition coefficient (Wildman–Crippen LogP) is 0.796. The van der Waals surface area contributed by atoms with Crippen LogP contribution in [0.5, 0.6) is 0 Å². The van der Waals surface area contributed by atoms with E-state index in [1.165, 1.54) is 0 Å². The fraction of sp³-hybridized carbons (Fsp3) is 0.417. The summed E-state index contributed by atoms with van der Waals surface area (Å²) in [5.74, 6) is 0.696. The zero-order valence-electron chi connectivity index (χ0n) is 9.98. The van der Waals surface area contributed by atoms with Crippen LogP contribution in [0.1, 0.15) is 24.8 Å². The van der Waals surface area contributed by atoms with Crippen molar-refractivity contribution in [1.82, 2.24) is 10.3 Å². The lowest BCUT2D eigenvalue weighted by Gasteiger charge is -2.09. The van der Waals surface area contributed by atoms with Crippen molar-refractivity contribution in [2.75, 3.05) is 11.9 Å². The lowest BCUT2D eigenvalue weighted by molar-refractivity contribution is -0.120. The average molecular weight is 264 g/mol. The van der Waals surface area contributed by atoms with Crippen molar-refractivity contribution in [1.29, 1.82) is 0 Å². The number of nitrogens with two attached hydrogens (primary N) is 1. The molecule has 18 heavy (non-hydrogen) atoms. The van der Waals surface area contributed by atoms with Crippen molar-refractivity contribution in [2.45, 2.75) is 25.3 Å². The summed E-state index contributed by atoms with van der Waals surface area (Å²) in [7, 11) is 0. The van der Waals surface area contributed by atoms with E-state index in [9.17, 15) is 4.79 Å². The number of nitrogens with zero attached hydrogens (tertiary/aromatic N) is 1. The van der Waals surface area contributed by atoms with Gasteiger partial charge in [-0.3, -0.25) is 4.79 Å². The second kappa shape index (κ2) is 5.77. The van der Waals surface area contributed by atoms with Gasteiger partial charge in [0.2, 0.25) is 5.91 Å². The highest BCUT2D eigenvalue weighted by Crippen LogP contribution is 2.18. The van der Waals surface area contributed by atoms with E-state index in [1.54, 1.807) is 12.3 Å². The number of anilines is 1. The monoisotopic (exact) mass is 264 g/mol. The normalized spacial score (nSPS) is 14.0. The Bertz CT molecular complexity index is 459. The first kappa shape index (κ1) is 12.8. The summed E-state index contributed by atoms with van der Waals surface area (Å²) in [6.45, 7) is 0.519. The predicted molar refractivity (Wildman–Crippen MR) is 74.4 cm³/mol. The Morgan fingerprint density at radius 3 is 3.00 bits per heavy atom. The number of aromatic nitrogens is 1. The quantitative estimate of drug-likeness (QED) is 0.662. The summed E-state index contributed by atoms with van der Waals surface area (Å²) in [6.07, 6.45) is 4.29. The van der Waals surface area contributed by atoms with Crippen molar-refractivity contribution in [3.05, 3.63) is 23.9 Å². The van der Waals surface area contributed by atoms with Gasteiger partial charge >= 0.3 is 0 Å². The Morgan fingerprint density at radius 1 is 1.56 bits per heavy atom. The Balaban J connectivity index is 1.82. The van der Waals surface area contributed by atoms with Crippen LogP contribution in [0.15, 0.2) is 18.3 Å². The second-order valence-corrected chi connectivity index (χ2v) is 4.72. The number of pyridine rings is 1. The number of carbonyl (C=O) groups excluding carboxylic acids is 1. The van der Waals surface area contributed by atoms with Crippen LogP contribution >= 0.6 is 12.2 Å². The smallest absolute Gasteiger partial charge is 0.221 e. The molecule has 0 aliphatic heterocycles. The number of carbonyl (C=O) groups is 1. The highest BCUT2D eigenvalue weighted by Gasteiger charge is 2.22. The number of hydrogen-bond acceptors (Lipinski definition) is 4. The van der Waals surface area contributed by atoms with E-state index in [4.69, 9.17) is 18.0 Å². The van der Waals surface area contributed by atoms with Crippen LogP contribution in [-0.4, -0.2) is 28.5 Å². The molecule has 0 radical (unpaired) electrons. The van der Waals surface area contributed by atoms with Gasteiger partial charge in [0.15, 0.2) is 0 Å². The maximum absolute atomic E-state index is 11.5. The Hall–Kier alpha value is -1.69. The van der Waals surface area contributed by atoms with Crippen LogP contribution in [0.3, 0.4) is 0 Å². The van der Waals surface area contributed by atoms with Crippen molar-refractivity contribution in [3.63, 3.8) is 0 Å². The second-order valence-electron chi connectivity index (χ2n) is 4.28. The lowest BCUT2D eigenvalue weighted by atomic mass is 10.2. The molecule has 0 spiro atoms. The highest BCUT2D eigenvalue weighted by atomic mass is 32.1. The Kier molecular flexibility index (Phi) is 4.09. The van der Waals surface area contributed by atoms with E-state index in [1.807, 2.05) is 6.07 Å². The van der Waals surface area contributed by atoms with Crippen LogP contribution < -0.4 is 16.4 Å².